The fraction of sp³-hybridized carbons (Fsp3) is 0.314. The number of benzene rings is 8. The average Bonchev–Trinajstić information content (AvgIpc) is 3.42. The first-order valence-electron chi connectivity index (χ1n) is 27.4. The van der Waals surface area contributed by atoms with Crippen molar-refractivity contribution in [2.45, 2.75) is 144 Å². The number of rotatable bonds is 22. The Morgan fingerprint density at radius 2 is 0.649 bits per heavy atom. The van der Waals surface area contributed by atoms with Gasteiger partial charge >= 0.3 is 0 Å². The Labute approximate surface area is 459 Å². The Morgan fingerprint density at radius 1 is 0.338 bits per heavy atom. The first-order valence-corrected chi connectivity index (χ1v) is 27.4. The van der Waals surface area contributed by atoms with Crippen molar-refractivity contribution in [3.05, 3.63) is 215 Å². The molecule has 0 amide bonds. The highest BCUT2D eigenvalue weighted by atomic mass is 16.5. The van der Waals surface area contributed by atoms with Crippen LogP contribution in [0.1, 0.15) is 141 Å². The second-order valence-corrected chi connectivity index (χ2v) is 22.1. The van der Waals surface area contributed by atoms with Crippen LogP contribution in [0, 0.1) is 13.8 Å². The fourth-order valence-corrected chi connectivity index (χ4v) is 10.1. The number of ether oxygens (including phenoxy) is 7. The van der Waals surface area contributed by atoms with E-state index >= 15 is 0 Å². The van der Waals surface area contributed by atoms with Gasteiger partial charge in [-0.15, -0.1) is 0 Å². The topological polar surface area (TPSA) is 64.6 Å². The van der Waals surface area contributed by atoms with Gasteiger partial charge in [-0.3, -0.25) is 0 Å². The van der Waals surface area contributed by atoms with E-state index in [-0.39, 0.29) is 22.3 Å². The van der Waals surface area contributed by atoms with E-state index in [9.17, 15) is 0 Å². The summed E-state index contributed by atoms with van der Waals surface area (Å²) >= 11 is 0. The molecule has 0 aliphatic rings. The highest BCUT2D eigenvalue weighted by Gasteiger charge is 2.46. The third-order valence-corrected chi connectivity index (χ3v) is 15.6. The van der Waals surface area contributed by atoms with E-state index in [1.807, 2.05) is 121 Å². The molecule has 0 heterocycles. The third-order valence-electron chi connectivity index (χ3n) is 15.6. The van der Waals surface area contributed by atoms with Crippen LogP contribution in [0.5, 0.6) is 69.0 Å². The van der Waals surface area contributed by atoms with Crippen molar-refractivity contribution in [1.29, 1.82) is 0 Å². The lowest BCUT2D eigenvalue weighted by molar-refractivity contribution is 0.0121. The van der Waals surface area contributed by atoms with E-state index in [0.29, 0.717) is 23.0 Å². The van der Waals surface area contributed by atoms with Gasteiger partial charge in [-0.05, 0) is 233 Å². The molecule has 0 saturated carbocycles. The standard InChI is InChI=1S/C70H78O7/c1-14-69(13,15-2)77-66-45-19-52(47-49(66)6)50(7)51-18-44-65(48(5)46-51)75-63-38-36-61(37-39-63)72-56-26-22-54(23-27-56)70(16-3,17-4)68(11,12)76-64-42-40-62(41-43-64)74-60-34-32-59(33-35-60)73-58-30-28-57(29-31-58)71-55-24-20-53(21-25-55)67(8,9)10/h18-47,50H,14-17H2,1-13H3. The Kier molecular flexibility index (Phi) is 17.1. The summed E-state index contributed by atoms with van der Waals surface area (Å²) in [7, 11) is 0. The zero-order valence-electron chi connectivity index (χ0n) is 47.6. The molecule has 0 N–H and O–H groups in total. The zero-order chi connectivity index (χ0) is 55.0. The lowest BCUT2D eigenvalue weighted by Gasteiger charge is -2.46. The first-order chi connectivity index (χ1) is 36.8. The molecule has 0 fully saturated rings. The summed E-state index contributed by atoms with van der Waals surface area (Å²) in [5.41, 5.74) is 6.30. The van der Waals surface area contributed by atoms with Crippen LogP contribution in [-0.2, 0) is 10.8 Å². The normalized spacial score (nSPS) is 12.4. The summed E-state index contributed by atoms with van der Waals surface area (Å²) < 4.78 is 44.4. The van der Waals surface area contributed by atoms with Gasteiger partial charge in [0.1, 0.15) is 80.2 Å². The molecule has 0 aromatic heterocycles. The highest BCUT2D eigenvalue weighted by molar-refractivity contribution is 5.48. The van der Waals surface area contributed by atoms with Crippen LogP contribution < -0.4 is 33.2 Å². The van der Waals surface area contributed by atoms with Crippen molar-refractivity contribution >= 4 is 0 Å². The van der Waals surface area contributed by atoms with Gasteiger partial charge in [0.15, 0.2) is 0 Å². The van der Waals surface area contributed by atoms with Crippen LogP contribution in [0.3, 0.4) is 0 Å². The Balaban J connectivity index is 0.823. The van der Waals surface area contributed by atoms with Gasteiger partial charge in [-0.1, -0.05) is 104 Å². The highest BCUT2D eigenvalue weighted by Crippen LogP contribution is 2.45. The number of aryl methyl sites for hydroxylation is 2. The summed E-state index contributed by atoms with van der Waals surface area (Å²) in [5, 5.41) is 0. The van der Waals surface area contributed by atoms with Gasteiger partial charge in [0.05, 0.1) is 0 Å². The predicted octanol–water partition coefficient (Wildman–Crippen LogP) is 20.6. The van der Waals surface area contributed by atoms with Gasteiger partial charge in [-0.25, -0.2) is 0 Å². The van der Waals surface area contributed by atoms with Crippen LogP contribution in [0.4, 0.5) is 0 Å². The van der Waals surface area contributed by atoms with E-state index < -0.39 is 5.60 Å². The monoisotopic (exact) mass is 1030 g/mol. The summed E-state index contributed by atoms with van der Waals surface area (Å²) in [6, 6.07) is 60.5. The molecule has 0 aliphatic carbocycles. The summed E-state index contributed by atoms with van der Waals surface area (Å²) in [4.78, 5) is 0. The minimum absolute atomic E-state index is 0.0940. The quantitative estimate of drug-likeness (QED) is 0.0670. The third kappa shape index (κ3) is 13.5. The Bertz CT molecular complexity index is 3160. The van der Waals surface area contributed by atoms with Crippen molar-refractivity contribution in [1.82, 2.24) is 0 Å². The Morgan fingerprint density at radius 3 is 0.974 bits per heavy atom. The van der Waals surface area contributed by atoms with Gasteiger partial charge < -0.3 is 33.2 Å². The fourth-order valence-electron chi connectivity index (χ4n) is 10.1. The summed E-state index contributed by atoms with van der Waals surface area (Å²) in [6.07, 6.45) is 3.70. The van der Waals surface area contributed by atoms with Crippen molar-refractivity contribution < 1.29 is 33.2 Å². The van der Waals surface area contributed by atoms with Gasteiger partial charge in [0.25, 0.3) is 0 Å². The van der Waals surface area contributed by atoms with Gasteiger partial charge in [-0.2, -0.15) is 0 Å². The second kappa shape index (κ2) is 23.7. The molecule has 7 nitrogen and oxygen atoms in total. The zero-order valence-corrected chi connectivity index (χ0v) is 47.6. The lowest BCUT2D eigenvalue weighted by Crippen LogP contribution is -2.51. The Hall–Kier alpha value is -7.64. The van der Waals surface area contributed by atoms with Crippen molar-refractivity contribution in [2.75, 3.05) is 0 Å². The van der Waals surface area contributed by atoms with E-state index in [1.54, 1.807) is 0 Å². The molecule has 8 aromatic rings. The predicted molar refractivity (Wildman–Crippen MR) is 314 cm³/mol. The molecule has 7 heteroatoms. The van der Waals surface area contributed by atoms with Crippen molar-refractivity contribution in [3.8, 4) is 69.0 Å². The van der Waals surface area contributed by atoms with Crippen LogP contribution in [0.2, 0.25) is 0 Å². The maximum absolute atomic E-state index is 6.85. The van der Waals surface area contributed by atoms with E-state index in [0.717, 1.165) is 82.8 Å². The van der Waals surface area contributed by atoms with Crippen molar-refractivity contribution in [3.63, 3.8) is 0 Å². The van der Waals surface area contributed by atoms with Gasteiger partial charge in [0.2, 0.25) is 0 Å². The molecule has 8 aromatic carbocycles. The van der Waals surface area contributed by atoms with E-state index in [2.05, 4.69) is 151 Å². The maximum atomic E-state index is 6.85. The molecule has 0 radical (unpaired) electrons. The lowest BCUT2D eigenvalue weighted by atomic mass is 9.65. The molecule has 8 rings (SSSR count). The molecule has 0 bridgehead atoms. The van der Waals surface area contributed by atoms with Crippen LogP contribution in [0.15, 0.2) is 182 Å². The maximum Gasteiger partial charge on any atom is 0.130 e. The molecular weight excluding hydrogens is 953 g/mol. The number of hydrogen-bond acceptors (Lipinski definition) is 7. The minimum Gasteiger partial charge on any atom is -0.487 e. The molecule has 0 saturated heterocycles. The molecule has 0 spiro atoms. The van der Waals surface area contributed by atoms with Crippen LogP contribution in [0.25, 0.3) is 0 Å². The van der Waals surface area contributed by atoms with Gasteiger partial charge in [0, 0.05) is 11.3 Å². The van der Waals surface area contributed by atoms with E-state index in [4.69, 9.17) is 33.2 Å². The largest absolute Gasteiger partial charge is 0.487 e. The average molecular weight is 1030 g/mol. The summed E-state index contributed by atoms with van der Waals surface area (Å²) in [6.45, 7) is 28.5. The molecule has 77 heavy (non-hydrogen) atoms. The first kappa shape index (κ1) is 55.6. The van der Waals surface area contributed by atoms with Crippen molar-refractivity contribution in [2.24, 2.45) is 0 Å². The molecule has 1 atom stereocenters. The number of hydrogen-bond donors (Lipinski definition) is 0. The molecular formula is C70H78O7. The second-order valence-electron chi connectivity index (χ2n) is 22.1. The molecule has 1 unspecified atom stereocenters. The molecule has 400 valence electrons. The van der Waals surface area contributed by atoms with E-state index in [1.165, 1.54) is 22.3 Å². The van der Waals surface area contributed by atoms with Crippen LogP contribution in [-0.4, -0.2) is 11.2 Å². The molecule has 0 aliphatic heterocycles. The summed E-state index contributed by atoms with van der Waals surface area (Å²) in [5.74, 6) is 9.37. The smallest absolute Gasteiger partial charge is 0.130 e. The SMILES string of the molecule is CCC(C)(CC)Oc1ccc(C(C)c2ccc(Oc3ccc(Oc4ccc(C(CC)(CC)C(C)(C)Oc5ccc(Oc6ccc(Oc7ccc(Oc8ccc(C(C)(C)C)cc8)cc7)cc6)cc5)cc4)cc3)c(C)c2)cc1C. The van der Waals surface area contributed by atoms with Crippen LogP contribution >= 0.6 is 0 Å². The minimum atomic E-state index is -0.554.